The summed E-state index contributed by atoms with van der Waals surface area (Å²) >= 11 is 3.46. The Morgan fingerprint density at radius 2 is 1.94 bits per heavy atom. The maximum atomic E-state index is 13.3. The van der Waals surface area contributed by atoms with Gasteiger partial charge in [0.05, 0.1) is 0 Å². The topological polar surface area (TPSA) is 15.8 Å². The lowest BCUT2D eigenvalue weighted by Gasteiger charge is -2.29. The zero-order valence-electron chi connectivity index (χ0n) is 11.1. The zero-order chi connectivity index (χ0) is 12.9. The van der Waals surface area contributed by atoms with Gasteiger partial charge in [0, 0.05) is 21.6 Å². The summed E-state index contributed by atoms with van der Waals surface area (Å²) in [4.78, 5) is 2.88. The van der Waals surface area contributed by atoms with E-state index in [-0.39, 0.29) is 11.4 Å². The fraction of sp³-hybridized carbons (Fsp3) is 0.714. The van der Waals surface area contributed by atoms with Crippen molar-refractivity contribution in [3.8, 4) is 0 Å². The first-order chi connectivity index (χ1) is 8.03. The molecule has 0 amide bonds. The first kappa shape index (κ1) is 14.7. The van der Waals surface area contributed by atoms with Crippen LogP contribution in [-0.4, -0.2) is 4.98 Å². The van der Waals surface area contributed by atoms with Crippen molar-refractivity contribution in [2.45, 2.75) is 64.7 Å². The van der Waals surface area contributed by atoms with Crippen LogP contribution in [0.2, 0.25) is 0 Å². The molecule has 0 bridgehead atoms. The van der Waals surface area contributed by atoms with Crippen molar-refractivity contribution in [1.29, 1.82) is 0 Å². The van der Waals surface area contributed by atoms with Crippen LogP contribution in [0, 0.1) is 5.95 Å². The van der Waals surface area contributed by atoms with E-state index >= 15 is 0 Å². The molecule has 17 heavy (non-hydrogen) atoms. The Kier molecular flexibility index (Phi) is 5.71. The number of nitrogens with one attached hydrogen (secondary N) is 1. The summed E-state index contributed by atoms with van der Waals surface area (Å²) in [7, 11) is 0. The van der Waals surface area contributed by atoms with Gasteiger partial charge in [0.25, 0.3) is 0 Å². The van der Waals surface area contributed by atoms with Gasteiger partial charge in [-0.05, 0) is 28.8 Å². The fourth-order valence-electron chi connectivity index (χ4n) is 2.53. The van der Waals surface area contributed by atoms with Crippen molar-refractivity contribution in [3.05, 3.63) is 22.2 Å². The van der Waals surface area contributed by atoms with E-state index in [1.54, 1.807) is 0 Å². The Bertz CT molecular complexity index is 348. The van der Waals surface area contributed by atoms with Crippen LogP contribution in [0.4, 0.5) is 4.39 Å². The summed E-state index contributed by atoms with van der Waals surface area (Å²) in [6.45, 7) is 6.63. The van der Waals surface area contributed by atoms with Crippen molar-refractivity contribution in [2.24, 2.45) is 0 Å². The molecule has 0 saturated heterocycles. The molecule has 1 heterocycles. The molecule has 1 aromatic rings. The fourth-order valence-corrected chi connectivity index (χ4v) is 3.31. The summed E-state index contributed by atoms with van der Waals surface area (Å²) in [5.41, 5.74) is 1.08. The molecule has 1 N–H and O–H groups in total. The molecule has 1 atom stereocenters. The summed E-state index contributed by atoms with van der Waals surface area (Å²) in [5.74, 6) is -0.246. The minimum atomic E-state index is -0.246. The largest absolute Gasteiger partial charge is 0.334 e. The van der Waals surface area contributed by atoms with Gasteiger partial charge >= 0.3 is 0 Å². The normalized spacial score (nSPS) is 14.9. The number of halogens is 2. The second kappa shape index (κ2) is 6.58. The molecule has 0 radical (unpaired) electrons. The maximum Gasteiger partial charge on any atom is 0.192 e. The van der Waals surface area contributed by atoms with Crippen LogP contribution in [0.25, 0.3) is 0 Å². The van der Waals surface area contributed by atoms with E-state index in [4.69, 9.17) is 0 Å². The summed E-state index contributed by atoms with van der Waals surface area (Å²) in [5, 5.41) is 0. The van der Waals surface area contributed by atoms with E-state index in [1.165, 1.54) is 25.3 Å². The van der Waals surface area contributed by atoms with Crippen LogP contribution in [0.3, 0.4) is 0 Å². The quantitative estimate of drug-likeness (QED) is 0.635. The van der Waals surface area contributed by atoms with Crippen molar-refractivity contribution in [1.82, 2.24) is 4.98 Å². The van der Waals surface area contributed by atoms with E-state index < -0.39 is 0 Å². The Morgan fingerprint density at radius 3 is 2.41 bits per heavy atom. The van der Waals surface area contributed by atoms with Crippen LogP contribution in [0.5, 0.6) is 0 Å². The van der Waals surface area contributed by atoms with Crippen LogP contribution in [0.15, 0.2) is 10.5 Å². The van der Waals surface area contributed by atoms with Gasteiger partial charge in [0.1, 0.15) is 0 Å². The van der Waals surface area contributed by atoms with E-state index in [0.29, 0.717) is 0 Å². The standard InChI is InChI=1S/C14H23BrFN/c1-4-6-7-9-14(3,8-5-2)13-11(15)10-12(16)17-13/h10,17H,4-9H2,1-3H3. The first-order valence-corrected chi connectivity index (χ1v) is 7.37. The van der Waals surface area contributed by atoms with Gasteiger partial charge in [-0.25, -0.2) is 0 Å². The number of unbranched alkanes of at least 4 members (excludes halogenated alkanes) is 2. The minimum absolute atomic E-state index is 0.0626. The third-order valence-electron chi connectivity index (χ3n) is 3.47. The third kappa shape index (κ3) is 3.84. The van der Waals surface area contributed by atoms with E-state index in [9.17, 15) is 4.39 Å². The lowest BCUT2D eigenvalue weighted by atomic mass is 9.78. The highest BCUT2D eigenvalue weighted by Crippen LogP contribution is 2.38. The van der Waals surface area contributed by atoms with Crippen molar-refractivity contribution >= 4 is 15.9 Å². The SMILES string of the molecule is CCCCCC(C)(CCC)c1[nH]c(F)cc1Br. The Balaban J connectivity index is 2.86. The van der Waals surface area contributed by atoms with Gasteiger partial charge in [0.15, 0.2) is 5.95 Å². The number of rotatable bonds is 7. The number of H-pyrrole nitrogens is 1. The van der Waals surface area contributed by atoms with Gasteiger partial charge in [0.2, 0.25) is 0 Å². The molecular formula is C14H23BrFN. The predicted molar refractivity (Wildman–Crippen MR) is 74.9 cm³/mol. The van der Waals surface area contributed by atoms with Crippen molar-refractivity contribution in [2.75, 3.05) is 0 Å². The highest BCUT2D eigenvalue weighted by Gasteiger charge is 2.29. The molecule has 1 aromatic heterocycles. The predicted octanol–water partition coefficient (Wildman–Crippen LogP) is 5.55. The van der Waals surface area contributed by atoms with Crippen LogP contribution in [0.1, 0.15) is 65.0 Å². The Hall–Kier alpha value is -0.310. The first-order valence-electron chi connectivity index (χ1n) is 6.58. The molecular weight excluding hydrogens is 281 g/mol. The minimum Gasteiger partial charge on any atom is -0.334 e. The average molecular weight is 304 g/mol. The van der Waals surface area contributed by atoms with E-state index in [2.05, 4.69) is 41.7 Å². The number of hydrogen-bond donors (Lipinski definition) is 1. The lowest BCUT2D eigenvalue weighted by Crippen LogP contribution is -2.23. The number of aromatic amines is 1. The third-order valence-corrected chi connectivity index (χ3v) is 4.10. The van der Waals surface area contributed by atoms with E-state index in [0.717, 1.165) is 29.4 Å². The second-order valence-corrected chi connectivity index (χ2v) is 5.96. The van der Waals surface area contributed by atoms with Gasteiger partial charge in [-0.3, -0.25) is 0 Å². The molecule has 0 spiro atoms. The van der Waals surface area contributed by atoms with Crippen molar-refractivity contribution < 1.29 is 4.39 Å². The van der Waals surface area contributed by atoms with Gasteiger partial charge in [-0.2, -0.15) is 4.39 Å². The molecule has 98 valence electrons. The summed E-state index contributed by atoms with van der Waals surface area (Å²) in [6, 6.07) is 1.53. The van der Waals surface area contributed by atoms with Gasteiger partial charge in [-0.1, -0.05) is 46.5 Å². The van der Waals surface area contributed by atoms with Crippen LogP contribution in [-0.2, 0) is 5.41 Å². The molecule has 0 fully saturated rings. The van der Waals surface area contributed by atoms with Gasteiger partial charge < -0.3 is 4.98 Å². The number of aromatic nitrogens is 1. The maximum absolute atomic E-state index is 13.3. The molecule has 0 aliphatic carbocycles. The molecule has 1 nitrogen and oxygen atoms in total. The van der Waals surface area contributed by atoms with Crippen LogP contribution < -0.4 is 0 Å². The Morgan fingerprint density at radius 1 is 1.24 bits per heavy atom. The smallest absolute Gasteiger partial charge is 0.192 e. The van der Waals surface area contributed by atoms with E-state index in [1.807, 2.05) is 0 Å². The number of hydrogen-bond acceptors (Lipinski definition) is 0. The molecule has 0 aliphatic heterocycles. The molecule has 1 rings (SSSR count). The molecule has 0 saturated carbocycles. The molecule has 3 heteroatoms. The monoisotopic (exact) mass is 303 g/mol. The zero-order valence-corrected chi connectivity index (χ0v) is 12.7. The molecule has 0 aliphatic rings. The highest BCUT2D eigenvalue weighted by molar-refractivity contribution is 9.10. The highest BCUT2D eigenvalue weighted by atomic mass is 79.9. The van der Waals surface area contributed by atoms with Crippen LogP contribution >= 0.6 is 15.9 Å². The molecule has 0 aromatic carbocycles. The average Bonchev–Trinajstić information content (AvgIpc) is 2.59. The van der Waals surface area contributed by atoms with Gasteiger partial charge in [-0.15, -0.1) is 0 Å². The summed E-state index contributed by atoms with van der Waals surface area (Å²) < 4.78 is 14.1. The second-order valence-electron chi connectivity index (χ2n) is 5.11. The van der Waals surface area contributed by atoms with Crippen molar-refractivity contribution in [3.63, 3.8) is 0 Å². The lowest BCUT2D eigenvalue weighted by molar-refractivity contribution is 0.366. The summed E-state index contributed by atoms with van der Waals surface area (Å²) in [6.07, 6.45) is 7.01. The molecule has 1 unspecified atom stereocenters. The Labute approximate surface area is 112 Å².